The molecule has 21 heavy (non-hydrogen) atoms. The summed E-state index contributed by atoms with van der Waals surface area (Å²) in [6, 6.07) is 11.1. The monoisotopic (exact) mass is 308 g/mol. The van der Waals surface area contributed by atoms with Gasteiger partial charge in [-0.25, -0.2) is 13.1 Å². The van der Waals surface area contributed by atoms with Gasteiger partial charge in [-0.15, -0.1) is 0 Å². The molecule has 0 atom stereocenters. The molecule has 2 rings (SSSR count). The van der Waals surface area contributed by atoms with Crippen LogP contribution in [0.5, 0.6) is 5.75 Å². The van der Waals surface area contributed by atoms with E-state index < -0.39 is 14.9 Å². The lowest BCUT2D eigenvalue weighted by Crippen LogP contribution is -2.23. The second-order valence-electron chi connectivity index (χ2n) is 4.22. The number of nitrogens with zero attached hydrogens (tertiary/aromatic N) is 1. The van der Waals surface area contributed by atoms with Crippen LogP contribution in [0.25, 0.3) is 0 Å². The second kappa shape index (κ2) is 5.90. The van der Waals surface area contributed by atoms with Crippen LogP contribution < -0.4 is 4.72 Å². The zero-order valence-electron chi connectivity index (χ0n) is 10.8. The number of hydrogen-bond acceptors (Lipinski definition) is 5. The van der Waals surface area contributed by atoms with Gasteiger partial charge in [0.1, 0.15) is 10.6 Å². The lowest BCUT2D eigenvalue weighted by atomic mass is 10.2. The summed E-state index contributed by atoms with van der Waals surface area (Å²) in [6.07, 6.45) is 0. The summed E-state index contributed by atoms with van der Waals surface area (Å²) >= 11 is 0. The van der Waals surface area contributed by atoms with E-state index in [0.717, 1.165) is 0 Å². The van der Waals surface area contributed by atoms with Crippen molar-refractivity contribution < 1.29 is 18.4 Å². The maximum absolute atomic E-state index is 12.0. The maximum Gasteiger partial charge on any atom is 0.269 e. The quantitative estimate of drug-likeness (QED) is 0.646. The highest BCUT2D eigenvalue weighted by Crippen LogP contribution is 2.21. The van der Waals surface area contributed by atoms with Gasteiger partial charge < -0.3 is 5.11 Å². The highest BCUT2D eigenvalue weighted by Gasteiger charge is 2.17. The number of nitro groups is 1. The number of sulfonamides is 1. The topological polar surface area (TPSA) is 110 Å². The van der Waals surface area contributed by atoms with Crippen LogP contribution in [0.15, 0.2) is 53.4 Å². The molecule has 2 N–H and O–H groups in total. The Balaban J connectivity index is 2.12. The van der Waals surface area contributed by atoms with Gasteiger partial charge in [-0.1, -0.05) is 24.3 Å². The molecule has 2 aromatic carbocycles. The largest absolute Gasteiger partial charge is 0.507 e. The van der Waals surface area contributed by atoms with E-state index in [1.165, 1.54) is 48.5 Å². The molecule has 0 radical (unpaired) electrons. The van der Waals surface area contributed by atoms with Crippen LogP contribution >= 0.6 is 0 Å². The smallest absolute Gasteiger partial charge is 0.269 e. The minimum absolute atomic E-state index is 0.0331. The molecule has 0 saturated heterocycles. The lowest BCUT2D eigenvalue weighted by molar-refractivity contribution is -0.384. The molecule has 0 unspecified atom stereocenters. The number of nitrogens with one attached hydrogen (secondary N) is 1. The molecule has 110 valence electrons. The van der Waals surface area contributed by atoms with Gasteiger partial charge in [-0.2, -0.15) is 0 Å². The van der Waals surface area contributed by atoms with Crippen molar-refractivity contribution in [3.05, 3.63) is 64.2 Å². The minimum atomic E-state index is -3.85. The Hall–Kier alpha value is -2.45. The van der Waals surface area contributed by atoms with Gasteiger partial charge in [0.05, 0.1) is 4.92 Å². The molecule has 0 aromatic heterocycles. The van der Waals surface area contributed by atoms with Gasteiger partial charge in [-0.05, 0) is 17.7 Å². The fourth-order valence-corrected chi connectivity index (χ4v) is 2.79. The standard InChI is InChI=1S/C13H12N2O5S/c16-12-3-1-2-4-13(12)21(19,20)14-9-10-5-7-11(8-6-10)15(17)18/h1-8,14,16H,9H2. The predicted molar refractivity (Wildman–Crippen MR) is 75.2 cm³/mol. The molecule has 0 aliphatic rings. The van der Waals surface area contributed by atoms with Crippen molar-refractivity contribution in [2.45, 2.75) is 11.4 Å². The normalized spacial score (nSPS) is 11.2. The third kappa shape index (κ3) is 3.56. The summed E-state index contributed by atoms with van der Waals surface area (Å²) in [4.78, 5) is 9.77. The van der Waals surface area contributed by atoms with E-state index in [1.807, 2.05) is 0 Å². The lowest BCUT2D eigenvalue weighted by Gasteiger charge is -2.08. The first-order valence-electron chi connectivity index (χ1n) is 5.91. The molecule has 0 heterocycles. The van der Waals surface area contributed by atoms with E-state index in [9.17, 15) is 23.6 Å². The summed E-state index contributed by atoms with van der Waals surface area (Å²) in [6.45, 7) is -0.0331. The number of hydrogen-bond donors (Lipinski definition) is 2. The van der Waals surface area contributed by atoms with Gasteiger partial charge in [0, 0.05) is 18.7 Å². The van der Waals surface area contributed by atoms with Gasteiger partial charge in [0.25, 0.3) is 5.69 Å². The summed E-state index contributed by atoms with van der Waals surface area (Å²) in [5, 5.41) is 20.1. The predicted octanol–water partition coefficient (Wildman–Crippen LogP) is 1.78. The zero-order valence-corrected chi connectivity index (χ0v) is 11.6. The molecule has 0 spiro atoms. The average Bonchev–Trinajstić information content (AvgIpc) is 2.46. The van der Waals surface area contributed by atoms with E-state index in [1.54, 1.807) is 0 Å². The maximum atomic E-state index is 12.0. The Morgan fingerprint density at radius 3 is 2.29 bits per heavy atom. The molecule has 0 aliphatic carbocycles. The van der Waals surface area contributed by atoms with Crippen LogP contribution in [-0.4, -0.2) is 18.4 Å². The van der Waals surface area contributed by atoms with Crippen LogP contribution in [0, 0.1) is 10.1 Å². The Bertz CT molecular complexity index is 756. The Morgan fingerprint density at radius 2 is 1.71 bits per heavy atom. The van der Waals surface area contributed by atoms with Crippen molar-refractivity contribution in [3.8, 4) is 5.75 Å². The molecule has 0 aliphatic heterocycles. The molecule has 0 fully saturated rings. The molecule has 7 nitrogen and oxygen atoms in total. The second-order valence-corrected chi connectivity index (χ2v) is 5.95. The molecule has 0 bridgehead atoms. The molecule has 0 amide bonds. The zero-order chi connectivity index (χ0) is 15.5. The summed E-state index contributed by atoms with van der Waals surface area (Å²) in [7, 11) is -3.85. The van der Waals surface area contributed by atoms with E-state index in [4.69, 9.17) is 0 Å². The fraction of sp³-hybridized carbons (Fsp3) is 0.0769. The summed E-state index contributed by atoms with van der Waals surface area (Å²) in [5.74, 6) is -0.339. The van der Waals surface area contributed by atoms with E-state index in [0.29, 0.717) is 5.56 Å². The van der Waals surface area contributed by atoms with E-state index >= 15 is 0 Å². The number of aromatic hydroxyl groups is 1. The SMILES string of the molecule is O=[N+]([O-])c1ccc(CNS(=O)(=O)c2ccccc2O)cc1. The molecular weight excluding hydrogens is 296 g/mol. The number of benzene rings is 2. The molecule has 0 saturated carbocycles. The van der Waals surface area contributed by atoms with Gasteiger partial charge in [0.15, 0.2) is 0 Å². The van der Waals surface area contributed by atoms with Crippen LogP contribution in [0.1, 0.15) is 5.56 Å². The summed E-state index contributed by atoms with van der Waals surface area (Å²) in [5.41, 5.74) is 0.502. The molecule has 8 heteroatoms. The summed E-state index contributed by atoms with van der Waals surface area (Å²) < 4.78 is 26.4. The first kappa shape index (κ1) is 14.9. The number of non-ortho nitro benzene ring substituents is 1. The van der Waals surface area contributed by atoms with Crippen LogP contribution in [0.4, 0.5) is 5.69 Å². The number of rotatable bonds is 5. The van der Waals surface area contributed by atoms with Gasteiger partial charge in [0.2, 0.25) is 10.0 Å². The highest BCUT2D eigenvalue weighted by molar-refractivity contribution is 7.89. The van der Waals surface area contributed by atoms with Gasteiger partial charge >= 0.3 is 0 Å². The van der Waals surface area contributed by atoms with Crippen molar-refractivity contribution in [3.63, 3.8) is 0 Å². The number of phenols is 1. The van der Waals surface area contributed by atoms with E-state index in [2.05, 4.69) is 4.72 Å². The number of para-hydroxylation sites is 1. The minimum Gasteiger partial charge on any atom is -0.507 e. The first-order chi connectivity index (χ1) is 9.90. The fourth-order valence-electron chi connectivity index (χ4n) is 1.68. The van der Waals surface area contributed by atoms with E-state index in [-0.39, 0.29) is 22.9 Å². The van der Waals surface area contributed by atoms with Crippen molar-refractivity contribution in [2.75, 3.05) is 0 Å². The van der Waals surface area contributed by atoms with Crippen LogP contribution in [0.3, 0.4) is 0 Å². The highest BCUT2D eigenvalue weighted by atomic mass is 32.2. The van der Waals surface area contributed by atoms with Crippen molar-refractivity contribution >= 4 is 15.7 Å². The third-order valence-electron chi connectivity index (χ3n) is 2.77. The number of phenolic OH excluding ortho intramolecular Hbond substituents is 1. The first-order valence-corrected chi connectivity index (χ1v) is 7.39. The Morgan fingerprint density at radius 1 is 1.10 bits per heavy atom. The van der Waals surface area contributed by atoms with Crippen LogP contribution in [0.2, 0.25) is 0 Å². The van der Waals surface area contributed by atoms with Crippen LogP contribution in [-0.2, 0) is 16.6 Å². The van der Waals surface area contributed by atoms with Crippen molar-refractivity contribution in [2.24, 2.45) is 0 Å². The third-order valence-corrected chi connectivity index (χ3v) is 4.22. The Kier molecular flexibility index (Phi) is 4.20. The molecular formula is C13H12N2O5S. The van der Waals surface area contributed by atoms with Crippen molar-refractivity contribution in [1.29, 1.82) is 0 Å². The van der Waals surface area contributed by atoms with Crippen molar-refractivity contribution in [1.82, 2.24) is 4.72 Å². The number of nitro benzene ring substituents is 1. The average molecular weight is 308 g/mol. The molecule has 2 aromatic rings. The van der Waals surface area contributed by atoms with Gasteiger partial charge in [-0.3, -0.25) is 10.1 Å². The Labute approximate surface area is 121 Å².